The standard InChI is InChI=1S/C17H24BrN3O2/c18-15-5-1-3-13(11-15)6-7-16(22)21-10-2-4-14(12-21)17(23)20-9-8-19/h1,3,5,11,14H,2,4,6-10,12,19H2,(H,20,23). The molecule has 0 aliphatic carbocycles. The van der Waals surface area contributed by atoms with E-state index in [0.29, 0.717) is 26.1 Å². The lowest BCUT2D eigenvalue weighted by molar-refractivity contribution is -0.135. The van der Waals surface area contributed by atoms with Crippen LogP contribution in [0.2, 0.25) is 0 Å². The van der Waals surface area contributed by atoms with E-state index in [1.807, 2.05) is 29.2 Å². The van der Waals surface area contributed by atoms with E-state index in [2.05, 4.69) is 21.2 Å². The molecular formula is C17H24BrN3O2. The van der Waals surface area contributed by atoms with Gasteiger partial charge in [0.1, 0.15) is 0 Å². The molecule has 1 atom stereocenters. The monoisotopic (exact) mass is 381 g/mol. The summed E-state index contributed by atoms with van der Waals surface area (Å²) in [6.07, 6.45) is 2.92. The summed E-state index contributed by atoms with van der Waals surface area (Å²) in [4.78, 5) is 26.3. The van der Waals surface area contributed by atoms with Crippen molar-refractivity contribution in [3.8, 4) is 0 Å². The highest BCUT2D eigenvalue weighted by Crippen LogP contribution is 2.19. The fourth-order valence-corrected chi connectivity index (χ4v) is 3.31. The smallest absolute Gasteiger partial charge is 0.224 e. The number of nitrogens with zero attached hydrogens (tertiary/aromatic N) is 1. The maximum atomic E-state index is 12.4. The first-order valence-corrected chi connectivity index (χ1v) is 8.89. The summed E-state index contributed by atoms with van der Waals surface area (Å²) in [5.41, 5.74) is 6.55. The Balaban J connectivity index is 1.83. The number of hydrogen-bond acceptors (Lipinski definition) is 3. The van der Waals surface area contributed by atoms with E-state index in [0.717, 1.165) is 35.8 Å². The molecule has 0 spiro atoms. The van der Waals surface area contributed by atoms with Crippen LogP contribution in [0, 0.1) is 5.92 Å². The van der Waals surface area contributed by atoms with Crippen molar-refractivity contribution >= 4 is 27.7 Å². The quantitative estimate of drug-likeness (QED) is 0.787. The molecule has 126 valence electrons. The van der Waals surface area contributed by atoms with Crippen LogP contribution in [0.3, 0.4) is 0 Å². The predicted octanol–water partition coefficient (Wildman–Crippen LogP) is 1.70. The summed E-state index contributed by atoms with van der Waals surface area (Å²) in [6, 6.07) is 8.01. The van der Waals surface area contributed by atoms with Gasteiger partial charge in [-0.05, 0) is 37.0 Å². The third-order valence-corrected chi connectivity index (χ3v) is 4.60. The Morgan fingerprint density at radius 1 is 1.39 bits per heavy atom. The van der Waals surface area contributed by atoms with E-state index in [1.165, 1.54) is 0 Å². The third kappa shape index (κ3) is 5.62. The molecule has 1 aromatic carbocycles. The number of carbonyl (C=O) groups excluding carboxylic acids is 2. The molecule has 1 aliphatic heterocycles. The summed E-state index contributed by atoms with van der Waals surface area (Å²) in [7, 11) is 0. The largest absolute Gasteiger partial charge is 0.355 e. The molecule has 2 rings (SSSR count). The summed E-state index contributed by atoms with van der Waals surface area (Å²) < 4.78 is 1.03. The lowest BCUT2D eigenvalue weighted by atomic mass is 9.96. The Bertz CT molecular complexity index is 550. The normalized spacial score (nSPS) is 17.8. The Hall–Kier alpha value is -1.40. The molecule has 1 aromatic rings. The number of amides is 2. The fraction of sp³-hybridized carbons (Fsp3) is 0.529. The molecule has 0 aromatic heterocycles. The van der Waals surface area contributed by atoms with Crippen molar-refractivity contribution in [1.29, 1.82) is 0 Å². The molecule has 0 radical (unpaired) electrons. The van der Waals surface area contributed by atoms with Gasteiger partial charge in [0.25, 0.3) is 0 Å². The third-order valence-electron chi connectivity index (χ3n) is 4.11. The summed E-state index contributed by atoms with van der Waals surface area (Å²) in [5.74, 6) is 0.0337. The Morgan fingerprint density at radius 3 is 2.96 bits per heavy atom. The van der Waals surface area contributed by atoms with E-state index in [-0.39, 0.29) is 17.7 Å². The maximum absolute atomic E-state index is 12.4. The van der Waals surface area contributed by atoms with Crippen LogP contribution >= 0.6 is 15.9 Å². The molecule has 0 bridgehead atoms. The minimum Gasteiger partial charge on any atom is -0.355 e. The van der Waals surface area contributed by atoms with Gasteiger partial charge in [-0.3, -0.25) is 9.59 Å². The Labute approximate surface area is 145 Å². The molecule has 0 saturated carbocycles. The highest BCUT2D eigenvalue weighted by Gasteiger charge is 2.27. The number of nitrogens with one attached hydrogen (secondary N) is 1. The van der Waals surface area contributed by atoms with E-state index < -0.39 is 0 Å². The highest BCUT2D eigenvalue weighted by atomic mass is 79.9. The number of aryl methyl sites for hydroxylation is 1. The van der Waals surface area contributed by atoms with Crippen LogP contribution in [0.25, 0.3) is 0 Å². The van der Waals surface area contributed by atoms with E-state index in [1.54, 1.807) is 0 Å². The Kier molecular flexibility index (Phi) is 7.05. The van der Waals surface area contributed by atoms with Crippen LogP contribution in [-0.4, -0.2) is 42.9 Å². The van der Waals surface area contributed by atoms with E-state index >= 15 is 0 Å². The topological polar surface area (TPSA) is 75.4 Å². The van der Waals surface area contributed by atoms with Gasteiger partial charge in [0.15, 0.2) is 0 Å². The Morgan fingerprint density at radius 2 is 2.22 bits per heavy atom. The molecule has 1 unspecified atom stereocenters. The number of hydrogen-bond donors (Lipinski definition) is 2. The van der Waals surface area contributed by atoms with Crippen molar-refractivity contribution in [3.05, 3.63) is 34.3 Å². The lowest BCUT2D eigenvalue weighted by Gasteiger charge is -2.32. The molecule has 3 N–H and O–H groups in total. The van der Waals surface area contributed by atoms with Gasteiger partial charge >= 0.3 is 0 Å². The van der Waals surface area contributed by atoms with Crippen LogP contribution < -0.4 is 11.1 Å². The molecule has 1 saturated heterocycles. The number of piperidine rings is 1. The molecule has 23 heavy (non-hydrogen) atoms. The van der Waals surface area contributed by atoms with Crippen LogP contribution in [0.1, 0.15) is 24.8 Å². The van der Waals surface area contributed by atoms with Gasteiger partial charge < -0.3 is 16.0 Å². The van der Waals surface area contributed by atoms with Gasteiger partial charge in [-0.15, -0.1) is 0 Å². The number of likely N-dealkylation sites (tertiary alicyclic amines) is 1. The van der Waals surface area contributed by atoms with Crippen molar-refractivity contribution in [2.24, 2.45) is 11.7 Å². The fourth-order valence-electron chi connectivity index (χ4n) is 2.86. The van der Waals surface area contributed by atoms with Crippen LogP contribution in [0.4, 0.5) is 0 Å². The zero-order chi connectivity index (χ0) is 16.7. The van der Waals surface area contributed by atoms with Gasteiger partial charge in [0.2, 0.25) is 11.8 Å². The minimum atomic E-state index is -0.106. The number of rotatable bonds is 6. The number of benzene rings is 1. The first kappa shape index (κ1) is 17.9. The summed E-state index contributed by atoms with van der Waals surface area (Å²) >= 11 is 3.44. The number of halogens is 1. The van der Waals surface area contributed by atoms with Crippen LogP contribution in [-0.2, 0) is 16.0 Å². The molecule has 1 fully saturated rings. The van der Waals surface area contributed by atoms with Crippen LogP contribution in [0.15, 0.2) is 28.7 Å². The first-order valence-electron chi connectivity index (χ1n) is 8.10. The lowest BCUT2D eigenvalue weighted by Crippen LogP contribution is -2.46. The second kappa shape index (κ2) is 9.03. The SMILES string of the molecule is NCCNC(=O)C1CCCN(C(=O)CCc2cccc(Br)c2)C1. The second-order valence-electron chi connectivity index (χ2n) is 5.89. The second-order valence-corrected chi connectivity index (χ2v) is 6.80. The minimum absolute atomic E-state index is 0.0138. The van der Waals surface area contributed by atoms with E-state index in [4.69, 9.17) is 5.73 Å². The van der Waals surface area contributed by atoms with Crippen LogP contribution in [0.5, 0.6) is 0 Å². The van der Waals surface area contributed by atoms with Crippen molar-refractivity contribution in [1.82, 2.24) is 10.2 Å². The first-order chi connectivity index (χ1) is 11.1. The average molecular weight is 382 g/mol. The molecular weight excluding hydrogens is 358 g/mol. The average Bonchev–Trinajstić information content (AvgIpc) is 2.57. The number of nitrogens with two attached hydrogens (primary N) is 1. The van der Waals surface area contributed by atoms with Crippen molar-refractivity contribution in [2.45, 2.75) is 25.7 Å². The molecule has 1 heterocycles. The maximum Gasteiger partial charge on any atom is 0.224 e. The molecule has 5 nitrogen and oxygen atoms in total. The van der Waals surface area contributed by atoms with Gasteiger partial charge in [0.05, 0.1) is 5.92 Å². The summed E-state index contributed by atoms with van der Waals surface area (Å²) in [6.45, 7) is 2.20. The van der Waals surface area contributed by atoms with Gasteiger partial charge in [-0.2, -0.15) is 0 Å². The zero-order valence-corrected chi connectivity index (χ0v) is 14.8. The van der Waals surface area contributed by atoms with Crippen molar-refractivity contribution < 1.29 is 9.59 Å². The van der Waals surface area contributed by atoms with Gasteiger partial charge in [-0.25, -0.2) is 0 Å². The van der Waals surface area contributed by atoms with E-state index in [9.17, 15) is 9.59 Å². The molecule has 1 aliphatic rings. The van der Waals surface area contributed by atoms with Crippen molar-refractivity contribution in [2.75, 3.05) is 26.2 Å². The number of carbonyl (C=O) groups is 2. The zero-order valence-electron chi connectivity index (χ0n) is 13.3. The predicted molar refractivity (Wildman–Crippen MR) is 93.8 cm³/mol. The molecule has 2 amide bonds. The highest BCUT2D eigenvalue weighted by molar-refractivity contribution is 9.10. The van der Waals surface area contributed by atoms with Crippen molar-refractivity contribution in [3.63, 3.8) is 0 Å². The van der Waals surface area contributed by atoms with Gasteiger partial charge in [0, 0.05) is 37.1 Å². The van der Waals surface area contributed by atoms with Gasteiger partial charge in [-0.1, -0.05) is 28.1 Å². The summed E-state index contributed by atoms with van der Waals surface area (Å²) in [5, 5.41) is 2.82. The molecule has 6 heteroatoms.